The normalized spacial score (nSPS) is 11.4. The predicted octanol–water partition coefficient (Wildman–Crippen LogP) is 6.28. The molecule has 0 aliphatic heterocycles. The first-order valence-corrected chi connectivity index (χ1v) is 7.85. The molecule has 0 aliphatic carbocycles. The lowest BCUT2D eigenvalue weighted by Gasteiger charge is -2.19. The van der Waals surface area contributed by atoms with Crippen LogP contribution in [0.4, 0.5) is 0 Å². The maximum atomic E-state index is 5.94. The Morgan fingerprint density at radius 2 is 1.70 bits per heavy atom. The first-order chi connectivity index (χ1) is 9.40. The molecular formula is C17H18BrClO. The average molecular weight is 354 g/mol. The summed E-state index contributed by atoms with van der Waals surface area (Å²) in [6, 6.07) is 14.1. The van der Waals surface area contributed by atoms with E-state index in [0.29, 0.717) is 5.88 Å². The van der Waals surface area contributed by atoms with Gasteiger partial charge in [-0.2, -0.15) is 0 Å². The number of ether oxygens (including phenoxy) is 1. The van der Waals surface area contributed by atoms with Crippen LogP contribution >= 0.6 is 27.5 Å². The maximum absolute atomic E-state index is 5.94. The number of rotatable bonds is 3. The molecule has 0 aromatic heterocycles. The van der Waals surface area contributed by atoms with Crippen LogP contribution in [0.3, 0.4) is 0 Å². The van der Waals surface area contributed by atoms with E-state index >= 15 is 0 Å². The zero-order valence-electron chi connectivity index (χ0n) is 11.9. The fourth-order valence-corrected chi connectivity index (χ4v) is 2.44. The Bertz CT molecular complexity index is 585. The van der Waals surface area contributed by atoms with Gasteiger partial charge in [0.15, 0.2) is 0 Å². The summed E-state index contributed by atoms with van der Waals surface area (Å²) in [6.45, 7) is 6.59. The van der Waals surface area contributed by atoms with Gasteiger partial charge in [0.1, 0.15) is 11.5 Å². The summed E-state index contributed by atoms with van der Waals surface area (Å²) >= 11 is 9.39. The Hall–Kier alpha value is -0.990. The second-order valence-corrected chi connectivity index (χ2v) is 6.95. The fraction of sp³-hybridized carbons (Fsp3) is 0.294. The van der Waals surface area contributed by atoms with E-state index in [0.717, 1.165) is 21.5 Å². The van der Waals surface area contributed by atoms with Crippen molar-refractivity contribution in [1.29, 1.82) is 0 Å². The van der Waals surface area contributed by atoms with Crippen molar-refractivity contribution in [2.75, 3.05) is 0 Å². The summed E-state index contributed by atoms with van der Waals surface area (Å²) in [6.07, 6.45) is 0. The van der Waals surface area contributed by atoms with Gasteiger partial charge < -0.3 is 4.74 Å². The van der Waals surface area contributed by atoms with Gasteiger partial charge >= 0.3 is 0 Å². The Balaban J connectivity index is 2.24. The first-order valence-electron chi connectivity index (χ1n) is 6.53. The molecule has 3 heteroatoms. The highest BCUT2D eigenvalue weighted by Crippen LogP contribution is 2.31. The third kappa shape index (κ3) is 3.77. The average Bonchev–Trinajstić information content (AvgIpc) is 2.38. The molecule has 0 radical (unpaired) electrons. The summed E-state index contributed by atoms with van der Waals surface area (Å²) in [5.74, 6) is 2.04. The number of hydrogen-bond acceptors (Lipinski definition) is 1. The van der Waals surface area contributed by atoms with E-state index in [1.165, 1.54) is 5.56 Å². The monoisotopic (exact) mass is 352 g/mol. The van der Waals surface area contributed by atoms with Crippen LogP contribution in [-0.4, -0.2) is 0 Å². The Kier molecular flexibility index (Phi) is 4.77. The van der Waals surface area contributed by atoms with Gasteiger partial charge in [-0.1, -0.05) is 54.9 Å². The van der Waals surface area contributed by atoms with Crippen LogP contribution < -0.4 is 4.74 Å². The molecule has 0 spiro atoms. The van der Waals surface area contributed by atoms with Crippen molar-refractivity contribution in [3.05, 3.63) is 58.1 Å². The molecule has 1 nitrogen and oxygen atoms in total. The molecule has 0 unspecified atom stereocenters. The van der Waals surface area contributed by atoms with Gasteiger partial charge in [-0.15, -0.1) is 11.6 Å². The molecule has 0 N–H and O–H groups in total. The minimum Gasteiger partial charge on any atom is -0.457 e. The summed E-state index contributed by atoms with van der Waals surface area (Å²) in [5, 5.41) is 0. The minimum absolute atomic E-state index is 0.148. The summed E-state index contributed by atoms with van der Waals surface area (Å²) < 4.78 is 6.91. The molecular weight excluding hydrogens is 336 g/mol. The van der Waals surface area contributed by atoms with Crippen LogP contribution in [-0.2, 0) is 11.3 Å². The lowest BCUT2D eigenvalue weighted by Crippen LogP contribution is -2.10. The van der Waals surface area contributed by atoms with Crippen molar-refractivity contribution in [3.63, 3.8) is 0 Å². The van der Waals surface area contributed by atoms with Crippen molar-refractivity contribution in [3.8, 4) is 11.5 Å². The lowest BCUT2D eigenvalue weighted by molar-refractivity contribution is 0.477. The van der Waals surface area contributed by atoms with Gasteiger partial charge in [-0.3, -0.25) is 0 Å². The lowest BCUT2D eigenvalue weighted by atomic mass is 9.87. The molecule has 0 saturated heterocycles. The van der Waals surface area contributed by atoms with Gasteiger partial charge in [-0.25, -0.2) is 0 Å². The third-order valence-electron chi connectivity index (χ3n) is 3.12. The molecule has 2 aromatic carbocycles. The van der Waals surface area contributed by atoms with Gasteiger partial charge in [-0.05, 0) is 35.2 Å². The number of benzene rings is 2. The van der Waals surface area contributed by atoms with Gasteiger partial charge in [0.05, 0.1) is 5.88 Å². The smallest absolute Gasteiger partial charge is 0.132 e. The van der Waals surface area contributed by atoms with Crippen molar-refractivity contribution < 1.29 is 4.74 Å². The molecule has 2 rings (SSSR count). The summed E-state index contributed by atoms with van der Waals surface area (Å²) in [4.78, 5) is 0. The highest BCUT2D eigenvalue weighted by Gasteiger charge is 2.13. The van der Waals surface area contributed by atoms with Crippen LogP contribution in [0.15, 0.2) is 46.9 Å². The molecule has 0 saturated carbocycles. The molecule has 0 aliphatic rings. The quantitative estimate of drug-likeness (QED) is 0.590. The zero-order chi connectivity index (χ0) is 14.8. The zero-order valence-corrected chi connectivity index (χ0v) is 14.3. The van der Waals surface area contributed by atoms with Gasteiger partial charge in [0.25, 0.3) is 0 Å². The van der Waals surface area contributed by atoms with E-state index in [1.54, 1.807) is 0 Å². The van der Waals surface area contributed by atoms with Crippen LogP contribution in [0.1, 0.15) is 31.9 Å². The molecule has 0 amide bonds. The van der Waals surface area contributed by atoms with E-state index < -0.39 is 0 Å². The van der Waals surface area contributed by atoms with Crippen molar-refractivity contribution >= 4 is 27.5 Å². The molecule has 0 heterocycles. The minimum atomic E-state index is 0.148. The maximum Gasteiger partial charge on any atom is 0.132 e. The van der Waals surface area contributed by atoms with Crippen molar-refractivity contribution in [2.45, 2.75) is 32.1 Å². The van der Waals surface area contributed by atoms with Gasteiger partial charge in [0.2, 0.25) is 0 Å². The van der Waals surface area contributed by atoms with Crippen LogP contribution in [0.25, 0.3) is 0 Å². The molecule has 0 atom stereocenters. The summed E-state index contributed by atoms with van der Waals surface area (Å²) in [5.41, 5.74) is 2.42. The molecule has 106 valence electrons. The van der Waals surface area contributed by atoms with E-state index in [1.807, 2.05) is 30.3 Å². The Morgan fingerprint density at radius 1 is 1.05 bits per heavy atom. The Labute approximate surface area is 134 Å². The van der Waals surface area contributed by atoms with Gasteiger partial charge in [0, 0.05) is 10.0 Å². The van der Waals surface area contributed by atoms with Crippen LogP contribution in [0.5, 0.6) is 11.5 Å². The topological polar surface area (TPSA) is 9.23 Å². The molecule has 0 fully saturated rings. The third-order valence-corrected chi connectivity index (χ3v) is 3.90. The van der Waals surface area contributed by atoms with E-state index in [9.17, 15) is 0 Å². The summed E-state index contributed by atoms with van der Waals surface area (Å²) in [7, 11) is 0. The SMILES string of the molecule is CC(C)(C)c1ccc(Oc2cc(Br)ccc2CCl)cc1. The predicted molar refractivity (Wildman–Crippen MR) is 88.9 cm³/mol. The van der Waals surface area contributed by atoms with E-state index in [2.05, 4.69) is 48.8 Å². The second kappa shape index (κ2) is 6.19. The number of alkyl halides is 1. The molecule has 2 aromatic rings. The first kappa shape index (κ1) is 15.4. The fourth-order valence-electron chi connectivity index (χ4n) is 1.88. The Morgan fingerprint density at radius 3 is 2.25 bits per heavy atom. The number of halogens is 2. The van der Waals surface area contributed by atoms with Crippen molar-refractivity contribution in [2.24, 2.45) is 0 Å². The van der Waals surface area contributed by atoms with Crippen LogP contribution in [0.2, 0.25) is 0 Å². The molecule has 20 heavy (non-hydrogen) atoms. The van der Waals surface area contributed by atoms with Crippen molar-refractivity contribution in [1.82, 2.24) is 0 Å². The molecule has 0 bridgehead atoms. The highest BCUT2D eigenvalue weighted by molar-refractivity contribution is 9.10. The van der Waals surface area contributed by atoms with Crippen LogP contribution in [0, 0.1) is 0 Å². The van der Waals surface area contributed by atoms with E-state index in [-0.39, 0.29) is 5.41 Å². The standard InChI is InChI=1S/C17H18BrClO/c1-17(2,3)13-5-8-15(9-6-13)20-16-10-14(18)7-4-12(16)11-19/h4-10H,11H2,1-3H3. The second-order valence-electron chi connectivity index (χ2n) is 5.76. The highest BCUT2D eigenvalue weighted by atomic mass is 79.9. The largest absolute Gasteiger partial charge is 0.457 e. The van der Waals surface area contributed by atoms with E-state index in [4.69, 9.17) is 16.3 Å². The number of hydrogen-bond donors (Lipinski definition) is 0.